The molecule has 3 saturated carbocycles. The number of fused-ring (bicyclic) bond motifs is 1. The number of Topliss-reactive ketones (excluding diaryl/α,β-unsaturated/α-hetero) is 1. The minimum Gasteiger partial charge on any atom is -0.347 e. The molecule has 0 bridgehead atoms. The quantitative estimate of drug-likeness (QED) is 0.188. The number of likely N-dealkylation sites (tertiary alicyclic amines) is 1. The number of carbonyl (C=O) groups excluding carboxylic acids is 5. The van der Waals surface area contributed by atoms with E-state index >= 15 is 0 Å². The maximum Gasteiger partial charge on any atom is 0.315 e. The van der Waals surface area contributed by atoms with Gasteiger partial charge in [0.05, 0.1) is 17.3 Å². The van der Waals surface area contributed by atoms with Gasteiger partial charge < -0.3 is 26.2 Å². The van der Waals surface area contributed by atoms with Crippen molar-refractivity contribution in [2.24, 2.45) is 22.7 Å². The molecule has 0 unspecified atom stereocenters. The molecule has 14 heteroatoms. The number of urea groups is 1. The van der Waals surface area contributed by atoms with Gasteiger partial charge in [-0.2, -0.15) is 4.31 Å². The second-order valence-electron chi connectivity index (χ2n) is 17.1. The Morgan fingerprint density at radius 3 is 2.10 bits per heavy atom. The Balaban J connectivity index is 1.54. The standard InChI is InChI=1S/C36H62N6O7S/c1-10-15-25(28(43)31(45)37-23-16-17-23)38-30(44)27-26-24(35(26,8)9)20-41(27)32(46)29(34(5,6)7)39-33(47)40-36(18-13-12-14-19-36)21-50(48,49)42(11-2)22(3)4/h22-27,29H,10-21H2,1-9H3,(H,37,45)(H,38,44)(H2,39,40,47)/t24-,25-,26-,27-,29+/m0/s1. The first-order valence-electron chi connectivity index (χ1n) is 18.7. The maximum atomic E-state index is 14.5. The Labute approximate surface area is 299 Å². The van der Waals surface area contributed by atoms with Crippen LogP contribution in [-0.4, -0.2) is 102 Å². The van der Waals surface area contributed by atoms with Crippen LogP contribution in [0.15, 0.2) is 0 Å². The molecule has 4 rings (SSSR count). The van der Waals surface area contributed by atoms with Crippen LogP contribution in [0.1, 0.15) is 120 Å². The fraction of sp³-hybridized carbons (Fsp3) is 0.861. The second-order valence-corrected chi connectivity index (χ2v) is 19.1. The van der Waals surface area contributed by atoms with Crippen LogP contribution >= 0.6 is 0 Å². The highest BCUT2D eigenvalue weighted by Crippen LogP contribution is 2.65. The van der Waals surface area contributed by atoms with Crippen molar-refractivity contribution in [1.82, 2.24) is 30.5 Å². The van der Waals surface area contributed by atoms with E-state index in [-0.39, 0.29) is 41.5 Å². The summed E-state index contributed by atoms with van der Waals surface area (Å²) in [6.45, 7) is 17.6. The average molecular weight is 723 g/mol. The Kier molecular flexibility index (Phi) is 12.1. The lowest BCUT2D eigenvalue weighted by Crippen LogP contribution is -2.64. The topological polar surface area (TPSA) is 174 Å². The molecule has 0 aromatic heterocycles. The smallest absolute Gasteiger partial charge is 0.315 e. The zero-order chi connectivity index (χ0) is 37.4. The third-order valence-electron chi connectivity index (χ3n) is 11.4. The summed E-state index contributed by atoms with van der Waals surface area (Å²) in [6, 6.07) is -3.75. The molecule has 284 valence electrons. The lowest BCUT2D eigenvalue weighted by atomic mass is 9.83. The van der Waals surface area contributed by atoms with Gasteiger partial charge in [-0.05, 0) is 68.6 Å². The molecule has 0 radical (unpaired) electrons. The van der Waals surface area contributed by atoms with Crippen LogP contribution in [0.3, 0.4) is 0 Å². The van der Waals surface area contributed by atoms with E-state index in [1.54, 1.807) is 6.92 Å². The second kappa shape index (κ2) is 15.1. The van der Waals surface area contributed by atoms with Crippen LogP contribution in [0.2, 0.25) is 0 Å². The molecule has 0 aromatic carbocycles. The third-order valence-corrected chi connectivity index (χ3v) is 13.7. The Morgan fingerprint density at radius 1 is 0.960 bits per heavy atom. The Hall–Kier alpha value is -2.74. The monoisotopic (exact) mass is 722 g/mol. The van der Waals surface area contributed by atoms with Crippen molar-refractivity contribution in [2.45, 2.75) is 156 Å². The van der Waals surface area contributed by atoms with Gasteiger partial charge >= 0.3 is 6.03 Å². The van der Waals surface area contributed by atoms with Crippen molar-refractivity contribution in [3.8, 4) is 0 Å². The molecule has 13 nitrogen and oxygen atoms in total. The number of hydrogen-bond donors (Lipinski definition) is 4. The van der Waals surface area contributed by atoms with Gasteiger partial charge in [0.2, 0.25) is 27.6 Å². The first-order chi connectivity index (χ1) is 23.2. The largest absolute Gasteiger partial charge is 0.347 e. The average Bonchev–Trinajstić information content (AvgIpc) is 3.85. The number of nitrogens with one attached hydrogen (secondary N) is 4. The van der Waals surface area contributed by atoms with Crippen molar-refractivity contribution < 1.29 is 32.4 Å². The third kappa shape index (κ3) is 8.82. The SMILES string of the molecule is CCC[C@H](NC(=O)[C@@H]1[C@@H]2[C@H](CN1C(=O)[C@@H](NC(=O)NC1(CS(=O)(=O)N(CC)C(C)C)CCCCC1)C(C)(C)C)C2(C)C)C(=O)C(=O)NC1CC1. The molecule has 0 spiro atoms. The van der Waals surface area contributed by atoms with E-state index in [1.165, 1.54) is 9.21 Å². The van der Waals surface area contributed by atoms with E-state index in [0.29, 0.717) is 32.4 Å². The molecule has 0 aromatic rings. The van der Waals surface area contributed by atoms with Crippen molar-refractivity contribution in [1.29, 1.82) is 0 Å². The zero-order valence-electron chi connectivity index (χ0n) is 31.7. The van der Waals surface area contributed by atoms with Crippen LogP contribution in [0.5, 0.6) is 0 Å². The van der Waals surface area contributed by atoms with Crippen LogP contribution in [0.25, 0.3) is 0 Å². The molecule has 1 aliphatic heterocycles. The van der Waals surface area contributed by atoms with E-state index in [0.717, 1.165) is 32.1 Å². The number of carbonyl (C=O) groups is 5. The number of hydrogen-bond acceptors (Lipinski definition) is 7. The van der Waals surface area contributed by atoms with Gasteiger partial charge in [0.25, 0.3) is 5.91 Å². The predicted molar refractivity (Wildman–Crippen MR) is 191 cm³/mol. The Morgan fingerprint density at radius 2 is 1.58 bits per heavy atom. The lowest BCUT2D eigenvalue weighted by Gasteiger charge is -2.41. The molecule has 3 aliphatic carbocycles. The number of nitrogens with zero attached hydrogens (tertiary/aromatic N) is 2. The minimum atomic E-state index is -3.70. The number of rotatable bonds is 15. The van der Waals surface area contributed by atoms with E-state index in [1.807, 2.05) is 41.5 Å². The summed E-state index contributed by atoms with van der Waals surface area (Å²) in [5.74, 6) is -2.58. The highest BCUT2D eigenvalue weighted by atomic mass is 32.2. The number of sulfonamides is 1. The highest BCUT2D eigenvalue weighted by Gasteiger charge is 2.70. The minimum absolute atomic E-state index is 0.00268. The summed E-state index contributed by atoms with van der Waals surface area (Å²) in [6.07, 6.45) is 6.03. The van der Waals surface area contributed by atoms with Gasteiger partial charge in [0, 0.05) is 25.2 Å². The van der Waals surface area contributed by atoms with Crippen LogP contribution < -0.4 is 21.3 Å². The molecule has 4 N–H and O–H groups in total. The molecule has 5 amide bonds. The van der Waals surface area contributed by atoms with Gasteiger partial charge in [-0.3, -0.25) is 19.2 Å². The van der Waals surface area contributed by atoms with E-state index in [4.69, 9.17) is 0 Å². The van der Waals surface area contributed by atoms with Gasteiger partial charge in [-0.25, -0.2) is 13.2 Å². The van der Waals surface area contributed by atoms with E-state index in [2.05, 4.69) is 35.1 Å². The molecular weight excluding hydrogens is 660 g/mol. The number of amides is 5. The van der Waals surface area contributed by atoms with E-state index in [9.17, 15) is 32.4 Å². The number of ketones is 1. The molecule has 1 saturated heterocycles. The van der Waals surface area contributed by atoms with Crippen molar-refractivity contribution >= 4 is 39.6 Å². The van der Waals surface area contributed by atoms with Crippen molar-refractivity contribution in [3.63, 3.8) is 0 Å². The lowest BCUT2D eigenvalue weighted by molar-refractivity contribution is -0.145. The van der Waals surface area contributed by atoms with Crippen LogP contribution in [-0.2, 0) is 29.2 Å². The fourth-order valence-electron chi connectivity index (χ4n) is 8.34. The summed E-state index contributed by atoms with van der Waals surface area (Å²) < 4.78 is 28.6. The first-order valence-corrected chi connectivity index (χ1v) is 20.3. The summed E-state index contributed by atoms with van der Waals surface area (Å²) in [7, 11) is -3.70. The molecule has 4 aliphatic rings. The number of piperidine rings is 1. The molecule has 50 heavy (non-hydrogen) atoms. The molecule has 5 atom stereocenters. The Bertz CT molecular complexity index is 1410. The van der Waals surface area contributed by atoms with Gasteiger partial charge in [-0.1, -0.05) is 74.1 Å². The summed E-state index contributed by atoms with van der Waals surface area (Å²) in [5, 5.41) is 11.5. The van der Waals surface area contributed by atoms with E-state index < -0.39 is 68.6 Å². The molecule has 1 heterocycles. The van der Waals surface area contributed by atoms with Crippen molar-refractivity contribution in [2.75, 3.05) is 18.8 Å². The summed E-state index contributed by atoms with van der Waals surface area (Å²) >= 11 is 0. The highest BCUT2D eigenvalue weighted by molar-refractivity contribution is 7.89. The van der Waals surface area contributed by atoms with Gasteiger partial charge in [0.1, 0.15) is 12.1 Å². The predicted octanol–water partition coefficient (Wildman–Crippen LogP) is 3.08. The molecule has 4 fully saturated rings. The van der Waals surface area contributed by atoms with Gasteiger partial charge in [0.15, 0.2) is 0 Å². The first kappa shape index (κ1) is 40.0. The normalized spacial score (nSPS) is 25.3. The van der Waals surface area contributed by atoms with Crippen molar-refractivity contribution in [3.05, 3.63) is 0 Å². The van der Waals surface area contributed by atoms with Gasteiger partial charge in [-0.15, -0.1) is 0 Å². The zero-order valence-corrected chi connectivity index (χ0v) is 32.5. The fourth-order valence-corrected chi connectivity index (χ4v) is 10.6. The molecular formula is C36H62N6O7S. The van der Waals surface area contributed by atoms with Crippen LogP contribution in [0.4, 0.5) is 4.79 Å². The van der Waals surface area contributed by atoms with Crippen LogP contribution in [0, 0.1) is 22.7 Å². The summed E-state index contributed by atoms with van der Waals surface area (Å²) in [5.41, 5.74) is -1.94. The summed E-state index contributed by atoms with van der Waals surface area (Å²) in [4.78, 5) is 69.6. The maximum absolute atomic E-state index is 14.5.